The summed E-state index contributed by atoms with van der Waals surface area (Å²) in [6.07, 6.45) is 3.76. The average molecular weight is 275 g/mol. The van der Waals surface area contributed by atoms with Gasteiger partial charge in [-0.1, -0.05) is 18.5 Å². The van der Waals surface area contributed by atoms with Crippen LogP contribution in [0.3, 0.4) is 0 Å². The summed E-state index contributed by atoms with van der Waals surface area (Å²) >= 11 is 0. The van der Waals surface area contributed by atoms with Gasteiger partial charge in [0.2, 0.25) is 0 Å². The zero-order valence-electron chi connectivity index (χ0n) is 10.8. The monoisotopic (exact) mass is 275 g/mol. The molecule has 2 rings (SSSR count). The molecule has 2 aliphatic rings. The molecule has 0 spiro atoms. The lowest BCUT2D eigenvalue weighted by atomic mass is 9.96. The molecule has 0 bridgehead atoms. The number of piperidine rings is 1. The third-order valence-electron chi connectivity index (χ3n) is 3.62. The molecule has 0 amide bonds. The van der Waals surface area contributed by atoms with Crippen LogP contribution in [0.4, 0.5) is 0 Å². The Labute approximate surface area is 109 Å². The van der Waals surface area contributed by atoms with Crippen LogP contribution in [0, 0.1) is 5.92 Å². The normalized spacial score (nSPS) is 22.8. The van der Waals surface area contributed by atoms with Gasteiger partial charge in [0.25, 0.3) is 10.2 Å². The quantitative estimate of drug-likeness (QED) is 0.803. The summed E-state index contributed by atoms with van der Waals surface area (Å²) in [5.41, 5.74) is 0.766. The van der Waals surface area contributed by atoms with Crippen LogP contribution in [0.25, 0.3) is 0 Å². The van der Waals surface area contributed by atoms with Gasteiger partial charge in [-0.3, -0.25) is 0 Å². The number of hydrogen-bond acceptors (Lipinski definition) is 4. The Morgan fingerprint density at radius 3 is 2.72 bits per heavy atom. The van der Waals surface area contributed by atoms with E-state index < -0.39 is 10.2 Å². The van der Waals surface area contributed by atoms with E-state index in [1.807, 2.05) is 0 Å². The van der Waals surface area contributed by atoms with Gasteiger partial charge in [-0.25, -0.2) is 0 Å². The molecule has 0 aromatic carbocycles. The van der Waals surface area contributed by atoms with Gasteiger partial charge < -0.3 is 4.84 Å². The predicted octanol–water partition coefficient (Wildman–Crippen LogP) is 0.719. The fourth-order valence-electron chi connectivity index (χ4n) is 2.29. The second-order valence-corrected chi connectivity index (χ2v) is 6.57. The summed E-state index contributed by atoms with van der Waals surface area (Å²) in [6.45, 7) is 4.22. The van der Waals surface area contributed by atoms with Gasteiger partial charge in [0.05, 0.1) is 12.3 Å². The maximum atomic E-state index is 12.1. The van der Waals surface area contributed by atoms with Crippen molar-refractivity contribution in [1.82, 2.24) is 9.03 Å². The Bertz CT molecular complexity index is 400. The van der Waals surface area contributed by atoms with Crippen molar-refractivity contribution in [2.75, 3.05) is 26.2 Å². The van der Waals surface area contributed by atoms with E-state index in [4.69, 9.17) is 4.84 Å². The molecular weight excluding hydrogens is 254 g/mol. The van der Waals surface area contributed by atoms with Crippen LogP contribution >= 0.6 is 0 Å². The Kier molecular flexibility index (Phi) is 4.58. The van der Waals surface area contributed by atoms with Crippen LogP contribution in [-0.2, 0) is 15.0 Å². The van der Waals surface area contributed by atoms with Gasteiger partial charge in [-0.15, -0.1) is 0 Å². The summed E-state index contributed by atoms with van der Waals surface area (Å²) in [6, 6.07) is 0. The third kappa shape index (κ3) is 3.43. The van der Waals surface area contributed by atoms with E-state index in [1.54, 1.807) is 0 Å². The van der Waals surface area contributed by atoms with Crippen molar-refractivity contribution in [2.24, 2.45) is 11.1 Å². The standard InChI is InChI=1S/C11H21N3O3S/c1-2-10-3-6-14(7-4-10)18(15,16)12-9-11-5-8-17-13-11/h10,12H,2-9H2,1H3. The van der Waals surface area contributed by atoms with Crippen molar-refractivity contribution in [2.45, 2.75) is 32.6 Å². The van der Waals surface area contributed by atoms with Crippen molar-refractivity contribution < 1.29 is 13.3 Å². The van der Waals surface area contributed by atoms with Crippen LogP contribution in [0.1, 0.15) is 32.6 Å². The lowest BCUT2D eigenvalue weighted by molar-refractivity contribution is 0.173. The molecule has 1 N–H and O–H groups in total. The topological polar surface area (TPSA) is 71.0 Å². The highest BCUT2D eigenvalue weighted by Gasteiger charge is 2.27. The first-order valence-electron chi connectivity index (χ1n) is 6.54. The molecule has 2 aliphatic heterocycles. The number of hydrogen-bond donors (Lipinski definition) is 1. The lowest BCUT2D eigenvalue weighted by Crippen LogP contribution is -2.46. The average Bonchev–Trinajstić information content (AvgIpc) is 2.90. The Morgan fingerprint density at radius 1 is 1.44 bits per heavy atom. The van der Waals surface area contributed by atoms with E-state index in [9.17, 15) is 8.42 Å². The van der Waals surface area contributed by atoms with Crippen molar-refractivity contribution >= 4 is 15.9 Å². The van der Waals surface area contributed by atoms with Gasteiger partial charge in [0.1, 0.15) is 6.61 Å². The molecule has 0 aliphatic carbocycles. The number of oxime groups is 1. The molecule has 0 radical (unpaired) electrons. The van der Waals surface area contributed by atoms with Crippen LogP contribution in [0.5, 0.6) is 0 Å². The van der Waals surface area contributed by atoms with Gasteiger partial charge in [-0.2, -0.15) is 17.4 Å². The van der Waals surface area contributed by atoms with Crippen molar-refractivity contribution in [3.05, 3.63) is 0 Å². The third-order valence-corrected chi connectivity index (χ3v) is 5.18. The van der Waals surface area contributed by atoms with E-state index in [2.05, 4.69) is 16.8 Å². The minimum absolute atomic E-state index is 0.260. The first-order chi connectivity index (χ1) is 8.62. The summed E-state index contributed by atoms with van der Waals surface area (Å²) in [7, 11) is -3.36. The molecule has 0 saturated carbocycles. The Morgan fingerprint density at radius 2 is 2.17 bits per heavy atom. The summed E-state index contributed by atoms with van der Waals surface area (Å²) in [5, 5.41) is 3.78. The Hall–Kier alpha value is -0.660. The Balaban J connectivity index is 1.83. The molecule has 1 saturated heterocycles. The summed E-state index contributed by atoms with van der Waals surface area (Å²) in [5.74, 6) is 0.670. The molecule has 6 nitrogen and oxygen atoms in total. The van der Waals surface area contributed by atoms with E-state index >= 15 is 0 Å². The highest BCUT2D eigenvalue weighted by molar-refractivity contribution is 7.87. The second kappa shape index (κ2) is 5.99. The zero-order chi connectivity index (χ0) is 13.0. The fourth-order valence-corrected chi connectivity index (χ4v) is 3.51. The lowest BCUT2D eigenvalue weighted by Gasteiger charge is -2.30. The molecule has 18 heavy (non-hydrogen) atoms. The molecule has 7 heteroatoms. The van der Waals surface area contributed by atoms with Crippen LogP contribution in [0.2, 0.25) is 0 Å². The highest BCUT2D eigenvalue weighted by atomic mass is 32.2. The minimum Gasteiger partial charge on any atom is -0.395 e. The van der Waals surface area contributed by atoms with Gasteiger partial charge in [0, 0.05) is 19.5 Å². The van der Waals surface area contributed by atoms with E-state index in [0.29, 0.717) is 32.0 Å². The van der Waals surface area contributed by atoms with Crippen molar-refractivity contribution in [3.8, 4) is 0 Å². The first-order valence-corrected chi connectivity index (χ1v) is 7.98. The van der Waals surface area contributed by atoms with Gasteiger partial charge >= 0.3 is 0 Å². The van der Waals surface area contributed by atoms with Gasteiger partial charge in [0.15, 0.2) is 0 Å². The molecule has 0 aromatic heterocycles. The smallest absolute Gasteiger partial charge is 0.279 e. The van der Waals surface area contributed by atoms with Crippen LogP contribution < -0.4 is 4.72 Å². The molecule has 1 fully saturated rings. The SMILES string of the molecule is CCC1CCN(S(=O)(=O)NCC2=NOCC2)CC1. The minimum atomic E-state index is -3.36. The molecule has 104 valence electrons. The van der Waals surface area contributed by atoms with Crippen LogP contribution in [-0.4, -0.2) is 44.7 Å². The molecule has 0 atom stereocenters. The van der Waals surface area contributed by atoms with Gasteiger partial charge in [-0.05, 0) is 18.8 Å². The van der Waals surface area contributed by atoms with E-state index in [0.717, 1.165) is 25.0 Å². The largest absolute Gasteiger partial charge is 0.395 e. The maximum Gasteiger partial charge on any atom is 0.279 e. The fraction of sp³-hybridized carbons (Fsp3) is 0.909. The van der Waals surface area contributed by atoms with E-state index in [-0.39, 0.29) is 6.54 Å². The molecule has 0 unspecified atom stereocenters. The molecule has 0 aromatic rings. The summed E-state index contributed by atoms with van der Waals surface area (Å²) in [4.78, 5) is 4.84. The number of rotatable bonds is 5. The van der Waals surface area contributed by atoms with Crippen molar-refractivity contribution in [1.29, 1.82) is 0 Å². The molecule has 2 heterocycles. The second-order valence-electron chi connectivity index (χ2n) is 4.82. The molecular formula is C11H21N3O3S. The first kappa shape index (κ1) is 13.8. The highest BCUT2D eigenvalue weighted by Crippen LogP contribution is 2.21. The van der Waals surface area contributed by atoms with Crippen LogP contribution in [0.15, 0.2) is 5.16 Å². The van der Waals surface area contributed by atoms with Crippen molar-refractivity contribution in [3.63, 3.8) is 0 Å². The number of nitrogens with one attached hydrogen (secondary N) is 1. The predicted molar refractivity (Wildman–Crippen MR) is 69.5 cm³/mol. The number of nitrogens with zero attached hydrogens (tertiary/aromatic N) is 2. The maximum absolute atomic E-state index is 12.1. The zero-order valence-corrected chi connectivity index (χ0v) is 11.6. The summed E-state index contributed by atoms with van der Waals surface area (Å²) < 4.78 is 28.2. The van der Waals surface area contributed by atoms with E-state index in [1.165, 1.54) is 4.31 Å².